The van der Waals surface area contributed by atoms with Crippen molar-refractivity contribution in [2.75, 3.05) is 25.0 Å². The smallest absolute Gasteiger partial charge is 0.406 e. The molecule has 0 bridgehead atoms. The van der Waals surface area contributed by atoms with E-state index in [4.69, 9.17) is 0 Å². The zero-order valence-corrected chi connectivity index (χ0v) is 22.3. The lowest BCUT2D eigenvalue weighted by atomic mass is 9.97. The normalized spacial score (nSPS) is 14.9. The van der Waals surface area contributed by atoms with Crippen molar-refractivity contribution in [2.24, 2.45) is 0 Å². The zero-order valence-electron chi connectivity index (χ0n) is 21.5. The SMILES string of the molecule is O=C(Nc1ccccc1-c1ccc(OC(F)(F)F)cc1)c1csc(C2CCN(CC=Cc3ccncc3)CC2)n1. The number of thiazole rings is 1. The molecule has 1 aliphatic heterocycles. The minimum absolute atomic E-state index is 0.306. The second kappa shape index (κ2) is 12.4. The Morgan fingerprint density at radius 3 is 2.50 bits per heavy atom. The summed E-state index contributed by atoms with van der Waals surface area (Å²) in [6, 6.07) is 16.6. The molecular formula is C30H27F3N4O2S. The monoisotopic (exact) mass is 564 g/mol. The van der Waals surface area contributed by atoms with Crippen LogP contribution in [0.25, 0.3) is 17.2 Å². The van der Waals surface area contributed by atoms with E-state index in [0.717, 1.165) is 43.0 Å². The first-order chi connectivity index (χ1) is 19.3. The fourth-order valence-corrected chi connectivity index (χ4v) is 5.59. The van der Waals surface area contributed by atoms with E-state index in [0.29, 0.717) is 28.4 Å². The summed E-state index contributed by atoms with van der Waals surface area (Å²) >= 11 is 1.50. The molecule has 1 fully saturated rings. The number of hydrogen-bond donors (Lipinski definition) is 1. The number of carbonyl (C=O) groups is 1. The van der Waals surface area contributed by atoms with Gasteiger partial charge < -0.3 is 10.1 Å². The number of piperidine rings is 1. The summed E-state index contributed by atoms with van der Waals surface area (Å²) in [6.45, 7) is 2.82. The number of nitrogens with one attached hydrogen (secondary N) is 1. The van der Waals surface area contributed by atoms with Gasteiger partial charge in [-0.15, -0.1) is 24.5 Å². The second-order valence-electron chi connectivity index (χ2n) is 9.40. The van der Waals surface area contributed by atoms with Crippen LogP contribution in [0.15, 0.2) is 84.5 Å². The topological polar surface area (TPSA) is 67.3 Å². The first-order valence-corrected chi connectivity index (χ1v) is 13.7. The molecule has 3 heterocycles. The molecule has 0 radical (unpaired) electrons. The Balaban J connectivity index is 1.17. The lowest BCUT2D eigenvalue weighted by molar-refractivity contribution is -0.274. The lowest BCUT2D eigenvalue weighted by Gasteiger charge is -2.30. The number of benzene rings is 2. The Morgan fingerprint density at radius 2 is 1.77 bits per heavy atom. The Kier molecular flexibility index (Phi) is 8.57. The number of aromatic nitrogens is 2. The van der Waals surface area contributed by atoms with Crippen LogP contribution in [-0.4, -0.2) is 46.8 Å². The van der Waals surface area contributed by atoms with Crippen LogP contribution < -0.4 is 10.1 Å². The molecule has 0 unspecified atom stereocenters. The van der Waals surface area contributed by atoms with Crippen molar-refractivity contribution in [3.8, 4) is 16.9 Å². The van der Waals surface area contributed by atoms with Crippen LogP contribution in [-0.2, 0) is 0 Å². The Bertz CT molecular complexity index is 1450. The molecule has 2 aromatic heterocycles. The van der Waals surface area contributed by atoms with Gasteiger partial charge in [0, 0.05) is 41.5 Å². The maximum absolute atomic E-state index is 13.1. The van der Waals surface area contributed by atoms with Crippen molar-refractivity contribution in [1.29, 1.82) is 0 Å². The summed E-state index contributed by atoms with van der Waals surface area (Å²) in [4.78, 5) is 24.2. The third-order valence-corrected chi connectivity index (χ3v) is 7.65. The van der Waals surface area contributed by atoms with Gasteiger partial charge in [-0.3, -0.25) is 14.7 Å². The maximum atomic E-state index is 13.1. The average Bonchev–Trinajstić information content (AvgIpc) is 3.45. The van der Waals surface area contributed by atoms with Crippen molar-refractivity contribution < 1.29 is 22.7 Å². The number of pyridine rings is 1. The van der Waals surface area contributed by atoms with E-state index in [1.54, 1.807) is 42.0 Å². The molecule has 6 nitrogen and oxygen atoms in total. The standard InChI is InChI=1S/C30H27F3N4O2S/c31-30(32,33)39-24-9-7-22(8-10-24)25-5-1-2-6-26(25)35-28(38)27-20-40-29(36-27)23-13-18-37(19-14-23)17-3-4-21-11-15-34-16-12-21/h1-12,15-16,20,23H,13-14,17-19H2,(H,35,38). The van der Waals surface area contributed by atoms with Crippen LogP contribution in [0.1, 0.15) is 39.8 Å². The molecule has 1 saturated heterocycles. The van der Waals surface area contributed by atoms with Crippen LogP contribution in [0, 0.1) is 0 Å². The molecule has 5 rings (SSSR count). The summed E-state index contributed by atoms with van der Waals surface area (Å²) in [5.74, 6) is -0.317. The summed E-state index contributed by atoms with van der Waals surface area (Å²) < 4.78 is 41.4. The highest BCUT2D eigenvalue weighted by atomic mass is 32.1. The van der Waals surface area contributed by atoms with E-state index in [-0.39, 0.29) is 11.7 Å². The maximum Gasteiger partial charge on any atom is 0.573 e. The molecule has 1 amide bonds. The molecule has 206 valence electrons. The van der Waals surface area contributed by atoms with Gasteiger partial charge in [0.2, 0.25) is 0 Å². The zero-order chi connectivity index (χ0) is 28.0. The highest BCUT2D eigenvalue weighted by molar-refractivity contribution is 7.10. The Hall–Kier alpha value is -4.02. The predicted octanol–water partition coefficient (Wildman–Crippen LogP) is 7.25. The van der Waals surface area contributed by atoms with E-state index in [1.165, 1.54) is 35.6 Å². The van der Waals surface area contributed by atoms with Crippen molar-refractivity contribution in [3.63, 3.8) is 0 Å². The fourth-order valence-electron chi connectivity index (χ4n) is 4.62. The summed E-state index contributed by atoms with van der Waals surface area (Å²) in [7, 11) is 0. The van der Waals surface area contributed by atoms with Gasteiger partial charge in [0.25, 0.3) is 5.91 Å². The second-order valence-corrected chi connectivity index (χ2v) is 10.3. The molecule has 1 N–H and O–H groups in total. The number of alkyl halides is 3. The molecule has 40 heavy (non-hydrogen) atoms. The fraction of sp³-hybridized carbons (Fsp3) is 0.233. The number of halogens is 3. The lowest BCUT2D eigenvalue weighted by Crippen LogP contribution is -2.33. The van der Waals surface area contributed by atoms with E-state index in [1.807, 2.05) is 12.1 Å². The van der Waals surface area contributed by atoms with Gasteiger partial charge in [-0.25, -0.2) is 4.98 Å². The third-order valence-electron chi connectivity index (χ3n) is 6.65. The Morgan fingerprint density at radius 1 is 1.05 bits per heavy atom. The van der Waals surface area contributed by atoms with Crippen molar-refractivity contribution in [2.45, 2.75) is 25.1 Å². The van der Waals surface area contributed by atoms with E-state index in [9.17, 15) is 18.0 Å². The summed E-state index contributed by atoms with van der Waals surface area (Å²) in [6.07, 6.45) is 5.05. The number of anilines is 1. The molecule has 0 saturated carbocycles. The molecular weight excluding hydrogens is 537 g/mol. The van der Waals surface area contributed by atoms with Gasteiger partial charge >= 0.3 is 6.36 Å². The van der Waals surface area contributed by atoms with E-state index < -0.39 is 6.36 Å². The van der Waals surface area contributed by atoms with Crippen molar-refractivity contribution in [1.82, 2.24) is 14.9 Å². The van der Waals surface area contributed by atoms with Crippen LogP contribution in [0.4, 0.5) is 18.9 Å². The molecule has 0 spiro atoms. The van der Waals surface area contributed by atoms with Crippen LogP contribution in [0.2, 0.25) is 0 Å². The Labute approximate surface area is 234 Å². The predicted molar refractivity (Wildman–Crippen MR) is 150 cm³/mol. The van der Waals surface area contributed by atoms with Gasteiger partial charge in [0.05, 0.1) is 5.01 Å². The number of hydrogen-bond acceptors (Lipinski definition) is 6. The summed E-state index contributed by atoms with van der Waals surface area (Å²) in [5.41, 5.74) is 3.35. The highest BCUT2D eigenvalue weighted by Crippen LogP contribution is 2.33. The van der Waals surface area contributed by atoms with E-state index in [2.05, 4.69) is 37.1 Å². The third kappa shape index (κ3) is 7.34. The van der Waals surface area contributed by atoms with Gasteiger partial charge in [-0.2, -0.15) is 0 Å². The highest BCUT2D eigenvalue weighted by Gasteiger charge is 2.31. The number of ether oxygens (including phenoxy) is 1. The van der Waals surface area contributed by atoms with Crippen LogP contribution in [0.3, 0.4) is 0 Å². The molecule has 0 atom stereocenters. The molecule has 0 aliphatic carbocycles. The quantitative estimate of drug-likeness (QED) is 0.244. The minimum atomic E-state index is -4.76. The molecule has 10 heteroatoms. The number of para-hydroxylation sites is 1. The number of amides is 1. The number of rotatable bonds is 8. The number of carbonyl (C=O) groups excluding carboxylic acids is 1. The largest absolute Gasteiger partial charge is 0.573 e. The van der Waals surface area contributed by atoms with Gasteiger partial charge in [0.1, 0.15) is 11.4 Å². The van der Waals surface area contributed by atoms with Gasteiger partial charge in [-0.1, -0.05) is 42.5 Å². The molecule has 1 aliphatic rings. The van der Waals surface area contributed by atoms with Crippen molar-refractivity contribution in [3.05, 3.63) is 101 Å². The van der Waals surface area contributed by atoms with Crippen molar-refractivity contribution >= 4 is 29.0 Å². The van der Waals surface area contributed by atoms with Gasteiger partial charge in [-0.05, 0) is 67.4 Å². The first kappa shape index (κ1) is 27.5. The molecule has 4 aromatic rings. The first-order valence-electron chi connectivity index (χ1n) is 12.8. The summed E-state index contributed by atoms with van der Waals surface area (Å²) in [5, 5.41) is 5.65. The van der Waals surface area contributed by atoms with E-state index >= 15 is 0 Å². The minimum Gasteiger partial charge on any atom is -0.406 e. The number of nitrogens with zero attached hydrogens (tertiary/aromatic N) is 3. The average molecular weight is 565 g/mol. The van der Waals surface area contributed by atoms with Gasteiger partial charge in [0.15, 0.2) is 0 Å². The van der Waals surface area contributed by atoms with Crippen LogP contribution in [0.5, 0.6) is 5.75 Å². The molecule has 2 aromatic carbocycles. The number of likely N-dealkylation sites (tertiary alicyclic amines) is 1. The van der Waals surface area contributed by atoms with Crippen LogP contribution >= 0.6 is 11.3 Å².